The summed E-state index contributed by atoms with van der Waals surface area (Å²) >= 11 is 3.31. The maximum Gasteiger partial charge on any atom is 0.338 e. The molecule has 1 aromatic carbocycles. The molecule has 2 rings (SSSR count). The molecular formula is C11H10BrNO3. The number of ether oxygens (including phenoxy) is 1. The number of amides is 1. The fourth-order valence-corrected chi connectivity index (χ4v) is 2.25. The zero-order valence-electron chi connectivity index (χ0n) is 8.91. The van der Waals surface area contributed by atoms with Crippen molar-refractivity contribution < 1.29 is 14.3 Å². The van der Waals surface area contributed by atoms with E-state index in [2.05, 4.69) is 15.9 Å². The smallest absolute Gasteiger partial charge is 0.338 e. The average Bonchev–Trinajstić information content (AvgIpc) is 2.54. The maximum atomic E-state index is 11.6. The van der Waals surface area contributed by atoms with E-state index in [1.54, 1.807) is 18.0 Å². The second kappa shape index (κ2) is 3.90. The maximum absolute atomic E-state index is 11.6. The van der Waals surface area contributed by atoms with Crippen LogP contribution in [0.5, 0.6) is 0 Å². The van der Waals surface area contributed by atoms with Gasteiger partial charge >= 0.3 is 5.97 Å². The molecule has 0 atom stereocenters. The van der Waals surface area contributed by atoms with Gasteiger partial charge in [0.1, 0.15) is 0 Å². The normalized spacial score (nSPS) is 13.9. The van der Waals surface area contributed by atoms with Gasteiger partial charge in [0.15, 0.2) is 0 Å². The molecule has 0 aliphatic carbocycles. The Morgan fingerprint density at radius 1 is 1.50 bits per heavy atom. The molecule has 0 unspecified atom stereocenters. The number of benzene rings is 1. The fourth-order valence-electron chi connectivity index (χ4n) is 1.80. The second-order valence-electron chi connectivity index (χ2n) is 3.57. The highest BCUT2D eigenvalue weighted by Gasteiger charge is 2.29. The highest BCUT2D eigenvalue weighted by atomic mass is 79.9. The van der Waals surface area contributed by atoms with Crippen LogP contribution in [0.2, 0.25) is 0 Å². The van der Waals surface area contributed by atoms with Gasteiger partial charge in [-0.25, -0.2) is 4.79 Å². The Morgan fingerprint density at radius 3 is 2.81 bits per heavy atom. The summed E-state index contributed by atoms with van der Waals surface area (Å²) in [5.74, 6) is -0.432. The molecule has 0 bridgehead atoms. The minimum atomic E-state index is -0.416. The third-order valence-corrected chi connectivity index (χ3v) is 3.12. The lowest BCUT2D eigenvalue weighted by Gasteiger charge is -2.11. The van der Waals surface area contributed by atoms with E-state index in [0.717, 1.165) is 15.7 Å². The highest BCUT2D eigenvalue weighted by Crippen LogP contribution is 2.34. The van der Waals surface area contributed by atoms with Crippen LogP contribution < -0.4 is 4.90 Å². The van der Waals surface area contributed by atoms with Crippen molar-refractivity contribution in [3.05, 3.63) is 27.7 Å². The lowest BCUT2D eigenvalue weighted by atomic mass is 10.1. The molecular weight excluding hydrogens is 274 g/mol. The van der Waals surface area contributed by atoms with E-state index in [0.29, 0.717) is 5.56 Å². The zero-order chi connectivity index (χ0) is 11.9. The summed E-state index contributed by atoms with van der Waals surface area (Å²) in [4.78, 5) is 24.7. The van der Waals surface area contributed by atoms with Crippen LogP contribution in [0.25, 0.3) is 0 Å². The average molecular weight is 284 g/mol. The number of carbonyl (C=O) groups is 2. The molecule has 0 saturated heterocycles. The molecule has 1 aromatic rings. The molecule has 1 heterocycles. The van der Waals surface area contributed by atoms with Gasteiger partial charge in [-0.05, 0) is 17.7 Å². The number of anilines is 1. The Bertz CT molecular complexity index is 484. The minimum absolute atomic E-state index is 0.0155. The van der Waals surface area contributed by atoms with E-state index >= 15 is 0 Å². The van der Waals surface area contributed by atoms with Crippen LogP contribution in [-0.4, -0.2) is 26.0 Å². The van der Waals surface area contributed by atoms with Gasteiger partial charge < -0.3 is 9.64 Å². The van der Waals surface area contributed by atoms with Crippen molar-refractivity contribution in [2.45, 2.75) is 6.42 Å². The zero-order valence-corrected chi connectivity index (χ0v) is 10.5. The molecule has 84 valence electrons. The van der Waals surface area contributed by atoms with Crippen LogP contribution in [0.4, 0.5) is 5.69 Å². The summed E-state index contributed by atoms with van der Waals surface area (Å²) in [6, 6.07) is 3.50. The van der Waals surface area contributed by atoms with Crippen LogP contribution >= 0.6 is 15.9 Å². The van der Waals surface area contributed by atoms with E-state index in [9.17, 15) is 9.59 Å². The lowest BCUT2D eigenvalue weighted by Crippen LogP contribution is -2.20. The minimum Gasteiger partial charge on any atom is -0.465 e. The first-order chi connectivity index (χ1) is 7.54. The summed E-state index contributed by atoms with van der Waals surface area (Å²) in [7, 11) is 3.03. The fraction of sp³-hybridized carbons (Fsp3) is 0.273. The van der Waals surface area contributed by atoms with Gasteiger partial charge in [-0.2, -0.15) is 0 Å². The predicted octanol–water partition coefficient (Wildman–Crippen LogP) is 1.75. The van der Waals surface area contributed by atoms with Crippen LogP contribution in [0.15, 0.2) is 16.6 Å². The quantitative estimate of drug-likeness (QED) is 0.738. The van der Waals surface area contributed by atoms with Crippen molar-refractivity contribution in [1.29, 1.82) is 0 Å². The monoisotopic (exact) mass is 283 g/mol. The Labute approximate surface area is 101 Å². The Morgan fingerprint density at radius 2 is 2.19 bits per heavy atom. The summed E-state index contributed by atoms with van der Waals surface area (Å²) < 4.78 is 5.46. The number of hydrogen-bond donors (Lipinski definition) is 0. The van der Waals surface area contributed by atoms with Gasteiger partial charge in [-0.1, -0.05) is 15.9 Å². The number of nitrogens with zero attached hydrogens (tertiary/aromatic N) is 1. The molecule has 1 amide bonds. The second-order valence-corrected chi connectivity index (χ2v) is 4.49. The van der Waals surface area contributed by atoms with Crippen molar-refractivity contribution in [3.63, 3.8) is 0 Å². The Balaban J connectivity index is 2.61. The summed E-state index contributed by atoms with van der Waals surface area (Å²) in [5.41, 5.74) is 1.95. The number of fused-ring (bicyclic) bond motifs is 1. The van der Waals surface area contributed by atoms with Gasteiger partial charge in [0, 0.05) is 17.2 Å². The Hall–Kier alpha value is -1.36. The number of halogens is 1. The largest absolute Gasteiger partial charge is 0.465 e. The summed E-state index contributed by atoms with van der Waals surface area (Å²) in [5, 5.41) is 0. The van der Waals surface area contributed by atoms with Gasteiger partial charge in [-0.15, -0.1) is 0 Å². The molecule has 0 radical (unpaired) electrons. The first kappa shape index (κ1) is 11.1. The van der Waals surface area contributed by atoms with E-state index in [1.165, 1.54) is 7.11 Å². The molecule has 1 aliphatic heterocycles. The van der Waals surface area contributed by atoms with Crippen molar-refractivity contribution in [3.8, 4) is 0 Å². The van der Waals surface area contributed by atoms with Crippen molar-refractivity contribution in [1.82, 2.24) is 0 Å². The van der Waals surface area contributed by atoms with Crippen molar-refractivity contribution >= 4 is 33.5 Å². The van der Waals surface area contributed by atoms with Crippen LogP contribution in [-0.2, 0) is 16.0 Å². The third-order valence-electron chi connectivity index (χ3n) is 2.66. The lowest BCUT2D eigenvalue weighted by molar-refractivity contribution is -0.117. The number of likely N-dealkylation sites (N-methyl/N-ethyl adjacent to an activating group) is 1. The predicted molar refractivity (Wildman–Crippen MR) is 62.6 cm³/mol. The van der Waals surface area contributed by atoms with E-state index < -0.39 is 5.97 Å². The van der Waals surface area contributed by atoms with Gasteiger partial charge in [0.05, 0.1) is 19.1 Å². The van der Waals surface area contributed by atoms with E-state index in [1.807, 2.05) is 6.07 Å². The number of methoxy groups -OCH3 is 1. The molecule has 0 saturated carbocycles. The van der Waals surface area contributed by atoms with E-state index in [-0.39, 0.29) is 12.3 Å². The SMILES string of the molecule is COC(=O)c1cc(Br)cc2c1CC(=O)N2C. The standard InChI is InChI=1S/C11H10BrNO3/c1-13-9-4-6(12)3-8(11(15)16-2)7(9)5-10(13)14/h3-4H,5H2,1-2H3. The van der Waals surface area contributed by atoms with Crippen LogP contribution in [0.1, 0.15) is 15.9 Å². The van der Waals surface area contributed by atoms with Crippen molar-refractivity contribution in [2.24, 2.45) is 0 Å². The highest BCUT2D eigenvalue weighted by molar-refractivity contribution is 9.10. The topological polar surface area (TPSA) is 46.6 Å². The third kappa shape index (κ3) is 1.61. The number of carbonyl (C=O) groups excluding carboxylic acids is 2. The molecule has 0 spiro atoms. The molecule has 5 heteroatoms. The van der Waals surface area contributed by atoms with Gasteiger partial charge in [-0.3, -0.25) is 4.79 Å². The van der Waals surface area contributed by atoms with Crippen molar-refractivity contribution in [2.75, 3.05) is 19.1 Å². The molecule has 1 aliphatic rings. The van der Waals surface area contributed by atoms with Crippen LogP contribution in [0, 0.1) is 0 Å². The first-order valence-electron chi connectivity index (χ1n) is 4.72. The number of rotatable bonds is 1. The van der Waals surface area contributed by atoms with Crippen LogP contribution in [0.3, 0.4) is 0 Å². The first-order valence-corrected chi connectivity index (χ1v) is 5.51. The summed E-state index contributed by atoms with van der Waals surface area (Å²) in [6.07, 6.45) is 0.254. The van der Waals surface area contributed by atoms with Gasteiger partial charge in [0.2, 0.25) is 5.91 Å². The molecule has 16 heavy (non-hydrogen) atoms. The molecule has 0 N–H and O–H groups in total. The number of esters is 1. The molecule has 4 nitrogen and oxygen atoms in total. The number of hydrogen-bond acceptors (Lipinski definition) is 3. The van der Waals surface area contributed by atoms with Gasteiger partial charge in [0.25, 0.3) is 0 Å². The summed E-state index contributed by atoms with van der Waals surface area (Å²) in [6.45, 7) is 0. The van der Waals surface area contributed by atoms with E-state index in [4.69, 9.17) is 4.74 Å². The molecule has 0 aromatic heterocycles. The Kier molecular flexibility index (Phi) is 2.71. The molecule has 0 fully saturated rings.